The van der Waals surface area contributed by atoms with E-state index in [1.54, 1.807) is 18.2 Å². The van der Waals surface area contributed by atoms with Crippen LogP contribution in [0, 0.1) is 5.92 Å². The number of nitrogens with zero attached hydrogens (tertiary/aromatic N) is 2. The topological polar surface area (TPSA) is 45.2 Å². The molecule has 4 rings (SSSR count). The van der Waals surface area contributed by atoms with Gasteiger partial charge in [0.25, 0.3) is 0 Å². The van der Waals surface area contributed by atoms with Gasteiger partial charge in [-0.3, -0.25) is 9.80 Å². The van der Waals surface area contributed by atoms with Crippen LogP contribution in [0.5, 0.6) is 5.75 Å². The summed E-state index contributed by atoms with van der Waals surface area (Å²) in [5.74, 6) is 1.55. The van der Waals surface area contributed by atoms with Gasteiger partial charge in [0, 0.05) is 44.9 Å². The standard InChI is InChI=1S/C27H38N2O3/c1-31-15-13-28(21-25-10-4-5-11-27(25)32-16-14-30)19-22-7-6-12-29(20-22)26-17-23-8-2-3-9-24(23)18-26/h2-5,8-11,22,26,30H,6-7,12-21H2,1H3/t22-/m1/s1. The molecule has 5 heteroatoms. The second kappa shape index (κ2) is 11.8. The van der Waals surface area contributed by atoms with Gasteiger partial charge in [-0.25, -0.2) is 0 Å². The maximum atomic E-state index is 9.15. The highest BCUT2D eigenvalue weighted by atomic mass is 16.5. The minimum Gasteiger partial charge on any atom is -0.491 e. The highest BCUT2D eigenvalue weighted by Gasteiger charge is 2.31. The van der Waals surface area contributed by atoms with E-state index in [1.165, 1.54) is 44.3 Å². The van der Waals surface area contributed by atoms with E-state index in [-0.39, 0.29) is 6.61 Å². The highest BCUT2D eigenvalue weighted by Crippen LogP contribution is 2.29. The molecule has 0 bridgehead atoms. The van der Waals surface area contributed by atoms with Gasteiger partial charge in [-0.2, -0.15) is 0 Å². The van der Waals surface area contributed by atoms with Gasteiger partial charge in [0.15, 0.2) is 0 Å². The van der Waals surface area contributed by atoms with E-state index in [1.807, 2.05) is 12.1 Å². The van der Waals surface area contributed by atoms with Crippen LogP contribution in [0.4, 0.5) is 0 Å². The minimum atomic E-state index is 0.0324. The molecule has 0 unspecified atom stereocenters. The summed E-state index contributed by atoms with van der Waals surface area (Å²) in [6.07, 6.45) is 4.98. The van der Waals surface area contributed by atoms with E-state index < -0.39 is 0 Å². The summed E-state index contributed by atoms with van der Waals surface area (Å²) in [6.45, 7) is 6.34. The van der Waals surface area contributed by atoms with Gasteiger partial charge in [-0.05, 0) is 55.3 Å². The van der Waals surface area contributed by atoms with Gasteiger partial charge in [0.2, 0.25) is 0 Å². The van der Waals surface area contributed by atoms with Gasteiger partial charge in [-0.15, -0.1) is 0 Å². The Morgan fingerprint density at radius 3 is 2.53 bits per heavy atom. The number of fused-ring (bicyclic) bond motifs is 1. The Balaban J connectivity index is 1.37. The fourth-order valence-electron chi connectivity index (χ4n) is 5.36. The fraction of sp³-hybridized carbons (Fsp3) is 0.556. The molecule has 5 nitrogen and oxygen atoms in total. The lowest BCUT2D eigenvalue weighted by atomic mass is 9.95. The minimum absolute atomic E-state index is 0.0324. The van der Waals surface area contributed by atoms with E-state index in [9.17, 15) is 0 Å². The number of aliphatic hydroxyl groups is 1. The lowest BCUT2D eigenvalue weighted by Gasteiger charge is -2.39. The average Bonchev–Trinajstić information content (AvgIpc) is 3.27. The third kappa shape index (κ3) is 6.10. The molecule has 1 aliphatic carbocycles. The molecular weight excluding hydrogens is 400 g/mol. The predicted octanol–water partition coefficient (Wildman–Crippen LogP) is 3.39. The van der Waals surface area contributed by atoms with Crippen molar-refractivity contribution in [3.63, 3.8) is 0 Å². The molecule has 1 saturated heterocycles. The predicted molar refractivity (Wildman–Crippen MR) is 128 cm³/mol. The summed E-state index contributed by atoms with van der Waals surface area (Å²) in [7, 11) is 1.77. The second-order valence-corrected chi connectivity index (χ2v) is 9.24. The number of piperidine rings is 1. The smallest absolute Gasteiger partial charge is 0.123 e. The second-order valence-electron chi connectivity index (χ2n) is 9.24. The Bertz CT molecular complexity index is 818. The first-order valence-electron chi connectivity index (χ1n) is 12.1. The molecule has 1 fully saturated rings. The van der Waals surface area contributed by atoms with E-state index in [0.29, 0.717) is 18.6 Å². The first kappa shape index (κ1) is 23.2. The molecule has 1 atom stereocenters. The summed E-state index contributed by atoms with van der Waals surface area (Å²) in [5.41, 5.74) is 4.26. The largest absolute Gasteiger partial charge is 0.491 e. The van der Waals surface area contributed by atoms with Crippen molar-refractivity contribution in [2.45, 2.75) is 38.3 Å². The molecule has 1 N–H and O–H groups in total. The van der Waals surface area contributed by atoms with E-state index in [2.05, 4.69) is 46.2 Å². The molecule has 2 aromatic carbocycles. The first-order valence-corrected chi connectivity index (χ1v) is 12.1. The number of hydrogen-bond donors (Lipinski definition) is 1. The number of hydrogen-bond acceptors (Lipinski definition) is 5. The summed E-state index contributed by atoms with van der Waals surface area (Å²) in [6, 6.07) is 17.8. The molecule has 0 aromatic heterocycles. The molecule has 174 valence electrons. The lowest BCUT2D eigenvalue weighted by Crippen LogP contribution is -2.46. The fourth-order valence-corrected chi connectivity index (χ4v) is 5.36. The average molecular weight is 439 g/mol. The van der Waals surface area contributed by atoms with Gasteiger partial charge < -0.3 is 14.6 Å². The maximum absolute atomic E-state index is 9.15. The highest BCUT2D eigenvalue weighted by molar-refractivity contribution is 5.34. The van der Waals surface area contributed by atoms with Crippen LogP contribution in [0.15, 0.2) is 48.5 Å². The van der Waals surface area contributed by atoms with Crippen LogP contribution in [-0.2, 0) is 24.1 Å². The molecule has 0 amide bonds. The van der Waals surface area contributed by atoms with Gasteiger partial charge >= 0.3 is 0 Å². The van der Waals surface area contributed by atoms with Gasteiger partial charge in [-0.1, -0.05) is 42.5 Å². The van der Waals surface area contributed by atoms with Crippen LogP contribution in [0.3, 0.4) is 0 Å². The quantitative estimate of drug-likeness (QED) is 0.583. The van der Waals surface area contributed by atoms with Crippen molar-refractivity contribution >= 4 is 0 Å². The first-order chi connectivity index (χ1) is 15.8. The van der Waals surface area contributed by atoms with E-state index in [0.717, 1.165) is 32.0 Å². The van der Waals surface area contributed by atoms with Crippen LogP contribution in [0.25, 0.3) is 0 Å². The molecule has 0 radical (unpaired) electrons. The normalized spacial score (nSPS) is 19.4. The number of rotatable bonds is 11. The van der Waals surface area contributed by atoms with Crippen molar-refractivity contribution in [3.05, 3.63) is 65.2 Å². The van der Waals surface area contributed by atoms with Crippen LogP contribution < -0.4 is 4.74 Å². The number of aliphatic hydroxyl groups excluding tert-OH is 1. The van der Waals surface area contributed by atoms with Crippen LogP contribution >= 0.6 is 0 Å². The molecule has 2 aromatic rings. The van der Waals surface area contributed by atoms with Gasteiger partial charge in [0.05, 0.1) is 13.2 Å². The SMILES string of the molecule is COCCN(Cc1ccccc1OCCO)C[C@H]1CCCN(C2Cc3ccccc3C2)C1. The Morgan fingerprint density at radius 2 is 1.78 bits per heavy atom. The molecule has 32 heavy (non-hydrogen) atoms. The van der Waals surface area contributed by atoms with Crippen LogP contribution in [0.2, 0.25) is 0 Å². The van der Waals surface area contributed by atoms with Crippen molar-refractivity contribution < 1.29 is 14.6 Å². The molecular formula is C27H38N2O3. The van der Waals surface area contributed by atoms with Crippen molar-refractivity contribution in [1.82, 2.24) is 9.80 Å². The number of methoxy groups -OCH3 is 1. The Morgan fingerprint density at radius 1 is 1.03 bits per heavy atom. The van der Waals surface area contributed by atoms with Crippen LogP contribution in [-0.4, -0.2) is 74.1 Å². The van der Waals surface area contributed by atoms with Crippen molar-refractivity contribution in [2.24, 2.45) is 5.92 Å². The number of likely N-dealkylation sites (tertiary alicyclic amines) is 1. The summed E-state index contributed by atoms with van der Waals surface area (Å²) in [4.78, 5) is 5.27. The third-order valence-corrected chi connectivity index (χ3v) is 6.94. The lowest BCUT2D eigenvalue weighted by molar-refractivity contribution is 0.0838. The Hall–Kier alpha value is -1.92. The molecule has 2 aliphatic rings. The number of para-hydroxylation sites is 1. The van der Waals surface area contributed by atoms with Crippen molar-refractivity contribution in [3.8, 4) is 5.75 Å². The monoisotopic (exact) mass is 438 g/mol. The van der Waals surface area contributed by atoms with Crippen molar-refractivity contribution in [2.75, 3.05) is 53.1 Å². The molecule has 0 spiro atoms. The van der Waals surface area contributed by atoms with Crippen molar-refractivity contribution in [1.29, 1.82) is 0 Å². The molecule has 0 saturated carbocycles. The summed E-state index contributed by atoms with van der Waals surface area (Å²) in [5, 5.41) is 9.15. The molecule has 1 aliphatic heterocycles. The van der Waals surface area contributed by atoms with Gasteiger partial charge in [0.1, 0.15) is 12.4 Å². The van der Waals surface area contributed by atoms with Crippen LogP contribution in [0.1, 0.15) is 29.5 Å². The Labute approximate surface area is 192 Å². The third-order valence-electron chi connectivity index (χ3n) is 6.94. The summed E-state index contributed by atoms with van der Waals surface area (Å²) >= 11 is 0. The van der Waals surface area contributed by atoms with E-state index >= 15 is 0 Å². The van der Waals surface area contributed by atoms with E-state index in [4.69, 9.17) is 14.6 Å². The number of benzene rings is 2. The number of ether oxygens (including phenoxy) is 2. The maximum Gasteiger partial charge on any atom is 0.123 e. The molecule has 1 heterocycles. The zero-order valence-corrected chi connectivity index (χ0v) is 19.4. The zero-order chi connectivity index (χ0) is 22.2. The summed E-state index contributed by atoms with van der Waals surface area (Å²) < 4.78 is 11.2. The Kier molecular flexibility index (Phi) is 8.57. The zero-order valence-electron chi connectivity index (χ0n) is 19.4.